The molecule has 124 valence electrons. The number of nitrogens with one attached hydrogen (secondary N) is 1. The fourth-order valence-electron chi connectivity index (χ4n) is 2.80. The first-order chi connectivity index (χ1) is 10.7. The van der Waals surface area contributed by atoms with E-state index in [0.29, 0.717) is 40.5 Å². The number of rotatable bonds is 0. The topological polar surface area (TPSA) is 65.6 Å². The molecule has 0 fully saturated rings. The molecule has 23 heavy (non-hydrogen) atoms. The van der Waals surface area contributed by atoms with E-state index in [1.807, 2.05) is 20.8 Å². The number of benzene rings is 1. The van der Waals surface area contributed by atoms with Gasteiger partial charge in [0.15, 0.2) is 0 Å². The Labute approximate surface area is 144 Å². The third-order valence-corrected chi connectivity index (χ3v) is 4.56. The molecule has 0 radical (unpaired) electrons. The van der Waals surface area contributed by atoms with Gasteiger partial charge in [-0.05, 0) is 20.8 Å². The summed E-state index contributed by atoms with van der Waals surface area (Å²) < 4.78 is 5.42. The highest BCUT2D eigenvalue weighted by molar-refractivity contribution is 6.45. The van der Waals surface area contributed by atoms with Crippen LogP contribution in [0.4, 0.5) is 4.79 Å². The van der Waals surface area contributed by atoms with Crippen molar-refractivity contribution < 1.29 is 14.6 Å². The van der Waals surface area contributed by atoms with E-state index in [-0.39, 0.29) is 11.8 Å². The van der Waals surface area contributed by atoms with E-state index < -0.39 is 5.60 Å². The number of carbonyl (C=O) groups is 1. The predicted octanol–water partition coefficient (Wildman–Crippen LogP) is 4.47. The highest BCUT2D eigenvalue weighted by Gasteiger charge is 2.29. The highest BCUT2D eigenvalue weighted by atomic mass is 35.5. The summed E-state index contributed by atoms with van der Waals surface area (Å²) in [5.41, 5.74) is 1.87. The van der Waals surface area contributed by atoms with Gasteiger partial charge in [-0.1, -0.05) is 23.2 Å². The van der Waals surface area contributed by atoms with Gasteiger partial charge in [0, 0.05) is 35.7 Å². The summed E-state index contributed by atoms with van der Waals surface area (Å²) in [4.78, 5) is 17.1. The molecule has 0 saturated carbocycles. The van der Waals surface area contributed by atoms with Gasteiger partial charge in [-0.3, -0.25) is 0 Å². The van der Waals surface area contributed by atoms with E-state index >= 15 is 0 Å². The minimum Gasteiger partial charge on any atom is -0.507 e. The van der Waals surface area contributed by atoms with E-state index in [1.165, 1.54) is 6.07 Å². The monoisotopic (exact) mass is 356 g/mol. The average Bonchev–Trinajstić information content (AvgIpc) is 2.82. The normalized spacial score (nSPS) is 14.9. The second-order valence-corrected chi connectivity index (χ2v) is 7.46. The predicted molar refractivity (Wildman–Crippen MR) is 90.3 cm³/mol. The number of amides is 1. The first-order valence-corrected chi connectivity index (χ1v) is 8.11. The zero-order chi connectivity index (χ0) is 16.9. The number of ether oxygens (including phenoxy) is 1. The van der Waals surface area contributed by atoms with Crippen LogP contribution in [0.3, 0.4) is 0 Å². The van der Waals surface area contributed by atoms with Gasteiger partial charge in [0.25, 0.3) is 0 Å². The fraction of sp³-hybridized carbons (Fsp3) is 0.438. The molecule has 0 saturated heterocycles. The number of phenols is 1. The van der Waals surface area contributed by atoms with Crippen LogP contribution in [0.1, 0.15) is 32.0 Å². The Bertz CT molecular complexity index is 793. The van der Waals surface area contributed by atoms with Gasteiger partial charge in [-0.15, -0.1) is 0 Å². The molecule has 0 aliphatic carbocycles. The molecule has 1 aliphatic rings. The molecule has 0 spiro atoms. The molecule has 1 aromatic carbocycles. The zero-order valence-electron chi connectivity index (χ0n) is 13.2. The van der Waals surface area contributed by atoms with E-state index in [1.54, 1.807) is 4.90 Å². The van der Waals surface area contributed by atoms with Gasteiger partial charge >= 0.3 is 6.09 Å². The van der Waals surface area contributed by atoms with Crippen molar-refractivity contribution in [3.05, 3.63) is 27.4 Å². The minimum absolute atomic E-state index is 0.0536. The number of phenolic OH excluding ortho intramolecular Hbond substituents is 1. The van der Waals surface area contributed by atoms with Gasteiger partial charge in [0.05, 0.1) is 22.1 Å². The molecule has 2 heterocycles. The molecule has 0 unspecified atom stereocenters. The number of hydrogen-bond donors (Lipinski definition) is 2. The molecule has 0 atom stereocenters. The SMILES string of the molecule is CC(C)(C)OC(=O)N1CCc2[nH]c3c(Cl)c(Cl)cc(O)c3c2C1. The number of halogens is 2. The molecule has 1 amide bonds. The number of aromatic amines is 1. The van der Waals surface area contributed by atoms with Crippen molar-refractivity contribution in [3.63, 3.8) is 0 Å². The Morgan fingerprint density at radius 3 is 2.74 bits per heavy atom. The van der Waals surface area contributed by atoms with Crippen LogP contribution in [-0.4, -0.2) is 33.2 Å². The van der Waals surface area contributed by atoms with Gasteiger partial charge in [0.1, 0.15) is 11.4 Å². The average molecular weight is 357 g/mol. The van der Waals surface area contributed by atoms with E-state index in [9.17, 15) is 9.90 Å². The molecular formula is C16H18Cl2N2O3. The van der Waals surface area contributed by atoms with Gasteiger partial charge in [0.2, 0.25) is 0 Å². The Morgan fingerprint density at radius 1 is 1.39 bits per heavy atom. The third-order valence-electron chi connectivity index (χ3n) is 3.77. The maximum Gasteiger partial charge on any atom is 0.410 e. The lowest BCUT2D eigenvalue weighted by Crippen LogP contribution is -2.39. The third kappa shape index (κ3) is 2.95. The highest BCUT2D eigenvalue weighted by Crippen LogP contribution is 2.41. The summed E-state index contributed by atoms with van der Waals surface area (Å²) in [6.45, 7) is 6.40. The smallest absolute Gasteiger partial charge is 0.410 e. The van der Waals surface area contributed by atoms with Crippen molar-refractivity contribution in [3.8, 4) is 5.75 Å². The van der Waals surface area contributed by atoms with Crippen molar-refractivity contribution >= 4 is 40.2 Å². The number of aromatic nitrogens is 1. The molecule has 7 heteroatoms. The number of H-pyrrole nitrogens is 1. The second-order valence-electron chi connectivity index (χ2n) is 6.68. The standard InChI is InChI=1S/C16H18Cl2N2O3/c1-16(2,3)23-15(22)20-5-4-10-8(7-20)12-11(21)6-9(17)13(18)14(12)19-10/h6,19,21H,4-5,7H2,1-3H3. The Balaban J connectivity index is 1.99. The maximum atomic E-state index is 12.3. The summed E-state index contributed by atoms with van der Waals surface area (Å²) in [7, 11) is 0. The fourth-order valence-corrected chi connectivity index (χ4v) is 3.19. The summed E-state index contributed by atoms with van der Waals surface area (Å²) in [5.74, 6) is 0.0536. The number of fused-ring (bicyclic) bond motifs is 3. The number of aromatic hydroxyl groups is 1. The molecular weight excluding hydrogens is 339 g/mol. The van der Waals surface area contributed by atoms with Crippen LogP contribution < -0.4 is 0 Å². The Morgan fingerprint density at radius 2 is 2.09 bits per heavy atom. The maximum absolute atomic E-state index is 12.3. The van der Waals surface area contributed by atoms with Crippen molar-refractivity contribution in [2.45, 2.75) is 39.3 Å². The van der Waals surface area contributed by atoms with Crippen LogP contribution in [0.15, 0.2) is 6.07 Å². The van der Waals surface area contributed by atoms with E-state index in [4.69, 9.17) is 27.9 Å². The van der Waals surface area contributed by atoms with Gasteiger partial charge in [-0.2, -0.15) is 0 Å². The molecule has 5 nitrogen and oxygen atoms in total. The van der Waals surface area contributed by atoms with Crippen LogP contribution in [-0.2, 0) is 17.7 Å². The molecule has 0 bridgehead atoms. The van der Waals surface area contributed by atoms with Crippen LogP contribution in [0, 0.1) is 0 Å². The summed E-state index contributed by atoms with van der Waals surface area (Å²) in [6.07, 6.45) is 0.272. The quantitative estimate of drug-likeness (QED) is 0.731. The van der Waals surface area contributed by atoms with Crippen LogP contribution in [0.2, 0.25) is 10.0 Å². The zero-order valence-corrected chi connectivity index (χ0v) is 14.7. The number of carbonyl (C=O) groups excluding carboxylic acids is 1. The van der Waals surface area contributed by atoms with Crippen LogP contribution in [0.5, 0.6) is 5.75 Å². The largest absolute Gasteiger partial charge is 0.507 e. The van der Waals surface area contributed by atoms with E-state index in [0.717, 1.165) is 11.3 Å². The minimum atomic E-state index is -0.545. The lowest BCUT2D eigenvalue weighted by Gasteiger charge is -2.30. The number of nitrogens with zero attached hydrogens (tertiary/aromatic N) is 1. The van der Waals surface area contributed by atoms with Gasteiger partial charge in [-0.25, -0.2) is 4.79 Å². The van der Waals surface area contributed by atoms with E-state index in [2.05, 4.69) is 4.98 Å². The molecule has 1 aromatic heterocycles. The number of hydrogen-bond acceptors (Lipinski definition) is 3. The van der Waals surface area contributed by atoms with Gasteiger partial charge < -0.3 is 19.7 Å². The molecule has 1 aliphatic heterocycles. The van der Waals surface area contributed by atoms with Crippen molar-refractivity contribution in [2.75, 3.05) is 6.54 Å². The molecule has 3 rings (SSSR count). The Kier molecular flexibility index (Phi) is 3.89. The lowest BCUT2D eigenvalue weighted by molar-refractivity contribution is 0.0224. The van der Waals surface area contributed by atoms with Crippen LogP contribution >= 0.6 is 23.2 Å². The summed E-state index contributed by atoms with van der Waals surface area (Å²) >= 11 is 12.2. The van der Waals surface area contributed by atoms with Crippen molar-refractivity contribution in [2.24, 2.45) is 0 Å². The molecule has 2 N–H and O–H groups in total. The first-order valence-electron chi connectivity index (χ1n) is 7.35. The summed E-state index contributed by atoms with van der Waals surface area (Å²) in [6, 6.07) is 1.42. The lowest BCUT2D eigenvalue weighted by atomic mass is 10.0. The summed E-state index contributed by atoms with van der Waals surface area (Å²) in [5, 5.41) is 11.5. The second kappa shape index (κ2) is 5.49. The first kappa shape index (κ1) is 16.3. The Hall–Kier alpha value is -1.59. The van der Waals surface area contributed by atoms with Crippen LogP contribution in [0.25, 0.3) is 10.9 Å². The van der Waals surface area contributed by atoms with Crippen molar-refractivity contribution in [1.29, 1.82) is 0 Å². The van der Waals surface area contributed by atoms with Crippen molar-refractivity contribution in [1.82, 2.24) is 9.88 Å². The molecule has 2 aromatic rings.